The number of aromatic nitrogens is 4. The van der Waals surface area contributed by atoms with Crippen molar-refractivity contribution in [3.63, 3.8) is 0 Å². The summed E-state index contributed by atoms with van der Waals surface area (Å²) in [5.41, 5.74) is 1.85. The van der Waals surface area contributed by atoms with Crippen LogP contribution in [-0.4, -0.2) is 39.4 Å². The smallest absolute Gasteiger partial charge is 0.332 e. The van der Waals surface area contributed by atoms with Crippen molar-refractivity contribution in [1.82, 2.24) is 18.7 Å². The topological polar surface area (TPSA) is 83.5 Å². The molecule has 4 aromatic rings. The number of methoxy groups -OCH3 is 2. The van der Waals surface area contributed by atoms with Crippen LogP contribution in [-0.2, 0) is 20.1 Å². The van der Waals surface area contributed by atoms with Gasteiger partial charge in [-0.05, 0) is 17.7 Å². The molecule has 0 radical (unpaired) electrons. The Morgan fingerprint density at radius 2 is 1.82 bits per heavy atom. The third-order valence-corrected chi connectivity index (χ3v) is 6.08. The fourth-order valence-corrected chi connectivity index (χ4v) is 4.33. The van der Waals surface area contributed by atoms with E-state index in [1.807, 2.05) is 70.1 Å². The molecule has 34 heavy (non-hydrogen) atoms. The third kappa shape index (κ3) is 3.45. The fraction of sp³-hybridized carbons (Fsp3) is 0.240. The predicted octanol–water partition coefficient (Wildman–Crippen LogP) is 2.78. The van der Waals surface area contributed by atoms with Crippen LogP contribution in [0.4, 0.5) is 11.6 Å². The number of hydrogen-bond acceptors (Lipinski definition) is 6. The van der Waals surface area contributed by atoms with Gasteiger partial charge in [-0.25, -0.2) is 4.79 Å². The Bertz CT molecular complexity index is 1510. The fourth-order valence-electron chi connectivity index (χ4n) is 4.33. The molecule has 0 unspecified atom stereocenters. The minimum Gasteiger partial charge on any atom is -0.497 e. The highest BCUT2D eigenvalue weighted by atomic mass is 16.5. The Morgan fingerprint density at radius 3 is 2.56 bits per heavy atom. The first-order chi connectivity index (χ1) is 16.5. The SMILES string of the molecule is COc1ccc(N2CCn3c2nc2c3c(=O)n(C/C=C/c3ccccc3)c(=O)n2C)c(OC)c1. The molecule has 0 spiro atoms. The Hall–Kier alpha value is -4.27. The van der Waals surface area contributed by atoms with Crippen molar-refractivity contribution in [2.24, 2.45) is 7.05 Å². The number of fused-ring (bicyclic) bond motifs is 3. The molecule has 3 heterocycles. The molecule has 9 nitrogen and oxygen atoms in total. The molecule has 5 rings (SSSR count). The summed E-state index contributed by atoms with van der Waals surface area (Å²) in [5, 5.41) is 0. The number of ether oxygens (including phenoxy) is 2. The highest BCUT2D eigenvalue weighted by Gasteiger charge is 2.30. The number of hydrogen-bond donors (Lipinski definition) is 0. The number of imidazole rings is 1. The summed E-state index contributed by atoms with van der Waals surface area (Å²) in [4.78, 5) is 33.1. The van der Waals surface area contributed by atoms with Gasteiger partial charge in [-0.2, -0.15) is 4.98 Å². The van der Waals surface area contributed by atoms with Crippen molar-refractivity contribution >= 4 is 28.9 Å². The first-order valence-electron chi connectivity index (χ1n) is 10.9. The zero-order valence-corrected chi connectivity index (χ0v) is 19.3. The van der Waals surface area contributed by atoms with E-state index in [9.17, 15) is 9.59 Å². The van der Waals surface area contributed by atoms with E-state index in [1.54, 1.807) is 21.3 Å². The molecule has 0 amide bonds. The van der Waals surface area contributed by atoms with Gasteiger partial charge >= 0.3 is 5.69 Å². The lowest BCUT2D eigenvalue weighted by Gasteiger charge is -2.19. The van der Waals surface area contributed by atoms with E-state index >= 15 is 0 Å². The van der Waals surface area contributed by atoms with Crippen molar-refractivity contribution in [2.45, 2.75) is 13.1 Å². The van der Waals surface area contributed by atoms with Gasteiger partial charge in [-0.3, -0.25) is 13.9 Å². The van der Waals surface area contributed by atoms with Crippen LogP contribution in [0, 0.1) is 0 Å². The zero-order valence-electron chi connectivity index (χ0n) is 19.3. The van der Waals surface area contributed by atoms with Gasteiger partial charge in [-0.15, -0.1) is 0 Å². The maximum absolute atomic E-state index is 13.4. The number of benzene rings is 2. The predicted molar refractivity (Wildman–Crippen MR) is 131 cm³/mol. The summed E-state index contributed by atoms with van der Waals surface area (Å²) >= 11 is 0. The minimum absolute atomic E-state index is 0.173. The molecule has 2 aromatic heterocycles. The molecule has 0 aliphatic carbocycles. The molecule has 0 fully saturated rings. The normalized spacial score (nSPS) is 13.1. The van der Waals surface area contributed by atoms with Gasteiger partial charge in [0.15, 0.2) is 11.2 Å². The van der Waals surface area contributed by atoms with Crippen molar-refractivity contribution in [2.75, 3.05) is 25.7 Å². The van der Waals surface area contributed by atoms with Crippen LogP contribution in [0.15, 0.2) is 64.2 Å². The molecule has 2 aromatic carbocycles. The van der Waals surface area contributed by atoms with Crippen LogP contribution < -0.4 is 25.6 Å². The summed E-state index contributed by atoms with van der Waals surface area (Å²) in [6.07, 6.45) is 3.72. The molecule has 0 bridgehead atoms. The van der Waals surface area contributed by atoms with Gasteiger partial charge in [0, 0.05) is 32.7 Å². The minimum atomic E-state index is -0.402. The van der Waals surface area contributed by atoms with Crippen molar-refractivity contribution in [3.05, 3.63) is 81.0 Å². The van der Waals surface area contributed by atoms with Crippen molar-refractivity contribution < 1.29 is 9.47 Å². The maximum Gasteiger partial charge on any atom is 0.332 e. The highest BCUT2D eigenvalue weighted by Crippen LogP contribution is 2.39. The summed E-state index contributed by atoms with van der Waals surface area (Å²) in [5.74, 6) is 1.92. The summed E-state index contributed by atoms with van der Waals surface area (Å²) in [6.45, 7) is 1.36. The summed E-state index contributed by atoms with van der Waals surface area (Å²) in [6, 6.07) is 15.3. The Labute approximate surface area is 195 Å². The van der Waals surface area contributed by atoms with Gasteiger partial charge in [0.25, 0.3) is 5.56 Å². The Balaban J connectivity index is 1.58. The second-order valence-corrected chi connectivity index (χ2v) is 8.00. The monoisotopic (exact) mass is 459 g/mol. The van der Waals surface area contributed by atoms with Gasteiger partial charge in [0.1, 0.15) is 11.5 Å². The first kappa shape index (κ1) is 21.6. The van der Waals surface area contributed by atoms with Crippen molar-refractivity contribution in [1.29, 1.82) is 0 Å². The van der Waals surface area contributed by atoms with Crippen LogP contribution in [0.2, 0.25) is 0 Å². The lowest BCUT2D eigenvalue weighted by Crippen LogP contribution is -2.39. The lowest BCUT2D eigenvalue weighted by atomic mass is 10.2. The van der Waals surface area contributed by atoms with E-state index < -0.39 is 5.69 Å². The number of anilines is 2. The highest BCUT2D eigenvalue weighted by molar-refractivity contribution is 5.79. The van der Waals surface area contributed by atoms with E-state index in [4.69, 9.17) is 14.5 Å². The van der Waals surface area contributed by atoms with E-state index in [-0.39, 0.29) is 12.1 Å². The van der Waals surface area contributed by atoms with Gasteiger partial charge in [0.2, 0.25) is 5.95 Å². The van der Waals surface area contributed by atoms with E-state index in [0.717, 1.165) is 11.3 Å². The van der Waals surface area contributed by atoms with Gasteiger partial charge < -0.3 is 18.9 Å². The van der Waals surface area contributed by atoms with Crippen LogP contribution in [0.3, 0.4) is 0 Å². The standard InChI is InChI=1S/C25H25N5O4/c1-27-22-21(23(31)30(25(27)32)13-7-10-17-8-5-4-6-9-17)29-15-14-28(24(29)26-22)19-12-11-18(33-2)16-20(19)34-3/h4-12,16H,13-15H2,1-3H3/b10-7+. The number of allylic oxidation sites excluding steroid dienone is 1. The molecule has 0 atom stereocenters. The van der Waals surface area contributed by atoms with E-state index in [1.165, 1.54) is 9.13 Å². The first-order valence-corrected chi connectivity index (χ1v) is 10.9. The average molecular weight is 460 g/mol. The summed E-state index contributed by atoms with van der Waals surface area (Å²) in [7, 11) is 4.84. The van der Waals surface area contributed by atoms with Crippen LogP contribution >= 0.6 is 0 Å². The van der Waals surface area contributed by atoms with Crippen LogP contribution in [0.1, 0.15) is 5.56 Å². The molecule has 1 aliphatic heterocycles. The molecule has 0 saturated carbocycles. The summed E-state index contributed by atoms with van der Waals surface area (Å²) < 4.78 is 15.4. The molecule has 9 heteroatoms. The van der Waals surface area contributed by atoms with Crippen LogP contribution in [0.5, 0.6) is 11.5 Å². The number of rotatable bonds is 6. The maximum atomic E-state index is 13.4. The second kappa shape index (κ2) is 8.58. The Morgan fingerprint density at radius 1 is 1.03 bits per heavy atom. The van der Waals surface area contributed by atoms with Crippen LogP contribution in [0.25, 0.3) is 17.2 Å². The average Bonchev–Trinajstić information content (AvgIpc) is 3.44. The van der Waals surface area contributed by atoms with E-state index in [2.05, 4.69) is 0 Å². The largest absolute Gasteiger partial charge is 0.497 e. The molecule has 0 N–H and O–H groups in total. The lowest BCUT2D eigenvalue weighted by molar-refractivity contribution is 0.395. The molecule has 1 aliphatic rings. The van der Waals surface area contributed by atoms with Gasteiger partial charge in [0.05, 0.1) is 19.9 Å². The van der Waals surface area contributed by atoms with Gasteiger partial charge in [-0.1, -0.05) is 42.5 Å². The molecular formula is C25H25N5O4. The Kier molecular flexibility index (Phi) is 5.45. The zero-order chi connectivity index (χ0) is 23.8. The van der Waals surface area contributed by atoms with Crippen molar-refractivity contribution in [3.8, 4) is 11.5 Å². The molecule has 0 saturated heterocycles. The molecule has 174 valence electrons. The number of nitrogens with zero attached hydrogens (tertiary/aromatic N) is 5. The third-order valence-electron chi connectivity index (χ3n) is 6.08. The number of aryl methyl sites for hydroxylation is 1. The molecular weight excluding hydrogens is 434 g/mol. The quantitative estimate of drug-likeness (QED) is 0.441. The second-order valence-electron chi connectivity index (χ2n) is 8.00. The van der Waals surface area contributed by atoms with E-state index in [0.29, 0.717) is 41.7 Å².